The number of rotatable bonds is 10. The third-order valence-corrected chi connectivity index (χ3v) is 12.9. The van der Waals surface area contributed by atoms with E-state index in [4.69, 9.17) is 4.74 Å². The Morgan fingerprint density at radius 3 is 1.21 bits per heavy atom. The molecular formula is C60H44N4O2. The number of benzene rings is 10. The second-order valence-corrected chi connectivity index (χ2v) is 16.6. The van der Waals surface area contributed by atoms with Gasteiger partial charge in [-0.2, -0.15) is 0 Å². The van der Waals surface area contributed by atoms with Crippen molar-refractivity contribution in [1.82, 2.24) is 9.13 Å². The number of hydrogen-bond donors (Lipinski definition) is 1. The number of hydrogen-bond acceptors (Lipinski definition) is 4. The third-order valence-electron chi connectivity index (χ3n) is 12.9. The van der Waals surface area contributed by atoms with Gasteiger partial charge >= 0.3 is 0 Å². The maximum Gasteiger partial charge on any atom is 0.119 e. The summed E-state index contributed by atoms with van der Waals surface area (Å²) in [6.45, 7) is -0.0252. The SMILES string of the molecule is COc1ccc(N(c2ccc3c(c2)c2ccccc2n3-c2ccccc2)c2cccc3c(N(c4ccc(CO)cc4)c4ccc5c(c4)c4ccccc4n5-c4ccccc4)cccc23)cc1. The Kier molecular flexibility index (Phi) is 9.58. The van der Waals surface area contributed by atoms with Gasteiger partial charge in [0.1, 0.15) is 5.75 Å². The molecule has 12 rings (SSSR count). The van der Waals surface area contributed by atoms with E-state index in [0.717, 1.165) is 89.7 Å². The van der Waals surface area contributed by atoms with Crippen LogP contribution >= 0.6 is 0 Å². The number of aromatic nitrogens is 2. The molecule has 0 unspecified atom stereocenters. The number of fused-ring (bicyclic) bond motifs is 7. The molecule has 6 heteroatoms. The second-order valence-electron chi connectivity index (χ2n) is 16.6. The van der Waals surface area contributed by atoms with Gasteiger partial charge < -0.3 is 28.8 Å². The first kappa shape index (κ1) is 39.0. The van der Waals surface area contributed by atoms with Gasteiger partial charge in [-0.15, -0.1) is 0 Å². The molecule has 2 heterocycles. The summed E-state index contributed by atoms with van der Waals surface area (Å²) in [5.74, 6) is 0.798. The van der Waals surface area contributed by atoms with Crippen LogP contribution in [0.5, 0.6) is 5.75 Å². The molecule has 66 heavy (non-hydrogen) atoms. The van der Waals surface area contributed by atoms with E-state index in [-0.39, 0.29) is 6.61 Å². The quantitative estimate of drug-likeness (QED) is 0.149. The molecule has 0 aliphatic rings. The average molecular weight is 853 g/mol. The molecule has 0 aliphatic heterocycles. The highest BCUT2D eigenvalue weighted by molar-refractivity contribution is 6.13. The van der Waals surface area contributed by atoms with Crippen molar-refractivity contribution >= 4 is 88.5 Å². The topological polar surface area (TPSA) is 45.8 Å². The Hall–Kier alpha value is -8.58. The minimum atomic E-state index is -0.0252. The Labute approximate surface area is 382 Å². The molecule has 0 saturated heterocycles. The minimum absolute atomic E-state index is 0.0252. The molecular weight excluding hydrogens is 809 g/mol. The van der Waals surface area contributed by atoms with Crippen molar-refractivity contribution in [2.45, 2.75) is 6.61 Å². The van der Waals surface area contributed by atoms with Gasteiger partial charge in [-0.05, 0) is 127 Å². The van der Waals surface area contributed by atoms with E-state index in [2.05, 4.69) is 225 Å². The van der Waals surface area contributed by atoms with E-state index >= 15 is 0 Å². The molecule has 0 aliphatic carbocycles. The molecule has 0 radical (unpaired) electrons. The summed E-state index contributed by atoms with van der Waals surface area (Å²) >= 11 is 0. The zero-order valence-electron chi connectivity index (χ0n) is 36.3. The molecule has 1 N–H and O–H groups in total. The van der Waals surface area contributed by atoms with Crippen molar-refractivity contribution in [2.75, 3.05) is 16.9 Å². The van der Waals surface area contributed by atoms with Gasteiger partial charge in [0.2, 0.25) is 0 Å². The third kappa shape index (κ3) is 6.46. The van der Waals surface area contributed by atoms with Crippen LogP contribution in [-0.2, 0) is 6.61 Å². The van der Waals surface area contributed by atoms with Crippen LogP contribution in [0.4, 0.5) is 34.1 Å². The van der Waals surface area contributed by atoms with Crippen molar-refractivity contribution < 1.29 is 9.84 Å². The highest BCUT2D eigenvalue weighted by Gasteiger charge is 2.23. The highest BCUT2D eigenvalue weighted by Crippen LogP contribution is 2.47. The molecule has 2 aromatic heterocycles. The van der Waals surface area contributed by atoms with Crippen LogP contribution in [0.15, 0.2) is 231 Å². The Bertz CT molecular complexity index is 3480. The zero-order valence-corrected chi connectivity index (χ0v) is 36.3. The number of ether oxygens (including phenoxy) is 1. The number of aliphatic hydroxyl groups excluding tert-OH is 1. The molecule has 0 fully saturated rings. The number of anilines is 6. The molecule has 12 aromatic rings. The van der Waals surface area contributed by atoms with Crippen LogP contribution in [0.3, 0.4) is 0 Å². The molecule has 0 bridgehead atoms. The number of aliphatic hydroxyl groups is 1. The van der Waals surface area contributed by atoms with Crippen LogP contribution in [0.2, 0.25) is 0 Å². The maximum atomic E-state index is 10.1. The minimum Gasteiger partial charge on any atom is -0.497 e. The first-order chi connectivity index (χ1) is 32.7. The van der Waals surface area contributed by atoms with Gasteiger partial charge in [0.15, 0.2) is 0 Å². The van der Waals surface area contributed by atoms with Crippen LogP contribution in [0.25, 0.3) is 65.8 Å². The van der Waals surface area contributed by atoms with Gasteiger partial charge in [0, 0.05) is 66.4 Å². The van der Waals surface area contributed by atoms with Crippen molar-refractivity contribution in [2.24, 2.45) is 0 Å². The van der Waals surface area contributed by atoms with Gasteiger partial charge in [-0.1, -0.05) is 109 Å². The normalized spacial score (nSPS) is 11.5. The lowest BCUT2D eigenvalue weighted by atomic mass is 10.0. The number of para-hydroxylation sites is 4. The molecule has 10 aromatic carbocycles. The van der Waals surface area contributed by atoms with E-state index in [1.807, 2.05) is 24.3 Å². The zero-order chi connectivity index (χ0) is 44.1. The highest BCUT2D eigenvalue weighted by atomic mass is 16.5. The Morgan fingerprint density at radius 1 is 0.364 bits per heavy atom. The van der Waals surface area contributed by atoms with E-state index in [9.17, 15) is 5.11 Å². The Balaban J connectivity index is 1.07. The first-order valence-corrected chi connectivity index (χ1v) is 22.3. The molecule has 0 spiro atoms. The summed E-state index contributed by atoms with van der Waals surface area (Å²) in [7, 11) is 1.71. The summed E-state index contributed by atoms with van der Waals surface area (Å²) in [5, 5.41) is 17.0. The van der Waals surface area contributed by atoms with Crippen molar-refractivity contribution in [1.29, 1.82) is 0 Å². The average Bonchev–Trinajstić information content (AvgIpc) is 3.90. The smallest absolute Gasteiger partial charge is 0.119 e. The van der Waals surface area contributed by atoms with E-state index in [1.165, 1.54) is 21.5 Å². The number of methoxy groups -OCH3 is 1. The molecule has 0 atom stereocenters. The van der Waals surface area contributed by atoms with Crippen LogP contribution in [-0.4, -0.2) is 21.4 Å². The fraction of sp³-hybridized carbons (Fsp3) is 0.0333. The van der Waals surface area contributed by atoms with Crippen molar-refractivity contribution in [3.8, 4) is 17.1 Å². The van der Waals surface area contributed by atoms with E-state index in [1.54, 1.807) is 7.11 Å². The van der Waals surface area contributed by atoms with Gasteiger partial charge in [-0.25, -0.2) is 0 Å². The van der Waals surface area contributed by atoms with Gasteiger partial charge in [-0.3, -0.25) is 0 Å². The predicted octanol–water partition coefficient (Wildman–Crippen LogP) is 15.5. The summed E-state index contributed by atoms with van der Waals surface area (Å²) in [4.78, 5) is 4.72. The van der Waals surface area contributed by atoms with E-state index < -0.39 is 0 Å². The fourth-order valence-corrected chi connectivity index (χ4v) is 9.91. The number of nitrogens with zero attached hydrogens (tertiary/aromatic N) is 4. The van der Waals surface area contributed by atoms with Crippen molar-refractivity contribution in [3.05, 3.63) is 236 Å². The Morgan fingerprint density at radius 2 is 0.758 bits per heavy atom. The monoisotopic (exact) mass is 852 g/mol. The van der Waals surface area contributed by atoms with Crippen LogP contribution in [0.1, 0.15) is 5.56 Å². The van der Waals surface area contributed by atoms with E-state index in [0.29, 0.717) is 0 Å². The van der Waals surface area contributed by atoms with Gasteiger partial charge in [0.25, 0.3) is 0 Å². The summed E-state index contributed by atoms with van der Waals surface area (Å²) in [5.41, 5.74) is 13.9. The lowest BCUT2D eigenvalue weighted by Crippen LogP contribution is -2.12. The molecule has 0 saturated carbocycles. The largest absolute Gasteiger partial charge is 0.497 e. The van der Waals surface area contributed by atoms with Gasteiger partial charge in [0.05, 0.1) is 47.2 Å². The lowest BCUT2D eigenvalue weighted by molar-refractivity contribution is 0.282. The van der Waals surface area contributed by atoms with Crippen molar-refractivity contribution in [3.63, 3.8) is 0 Å². The summed E-state index contributed by atoms with van der Waals surface area (Å²) < 4.78 is 10.4. The molecule has 6 nitrogen and oxygen atoms in total. The lowest BCUT2D eigenvalue weighted by Gasteiger charge is -2.30. The van der Waals surface area contributed by atoms with Crippen LogP contribution in [0, 0.1) is 0 Å². The maximum absolute atomic E-state index is 10.1. The standard InChI is InChI=1S/C60H44N4O2/c1-66-48-34-30-45(31-35-48)62(47-33-37-60-54(39-47)52-19-9-11-23-58(52)64(60)43-16-6-3-7-17-43)56-25-13-20-49-50(56)21-12-24-55(49)61(44-28-26-41(40-65)27-29-44)46-32-36-59-53(38-46)51-18-8-10-22-57(51)63(59)42-14-4-2-5-15-42/h2-39,65H,40H2,1H3. The summed E-state index contributed by atoms with van der Waals surface area (Å²) in [6.07, 6.45) is 0. The fourth-order valence-electron chi connectivity index (χ4n) is 9.91. The van der Waals surface area contributed by atoms with Crippen LogP contribution < -0.4 is 14.5 Å². The predicted molar refractivity (Wildman–Crippen MR) is 274 cm³/mol. The first-order valence-electron chi connectivity index (χ1n) is 22.3. The summed E-state index contributed by atoms with van der Waals surface area (Å²) in [6, 6.07) is 81.9. The molecule has 0 amide bonds. The second kappa shape index (κ2) is 16.2. The molecule has 316 valence electrons.